The minimum absolute atomic E-state index is 0.211. The third-order valence-corrected chi connectivity index (χ3v) is 5.84. The summed E-state index contributed by atoms with van der Waals surface area (Å²) in [5.74, 6) is -1.25. The summed E-state index contributed by atoms with van der Waals surface area (Å²) >= 11 is 0. The van der Waals surface area contributed by atoms with Gasteiger partial charge in [0, 0.05) is 49.3 Å². The van der Waals surface area contributed by atoms with Crippen LogP contribution in [0.1, 0.15) is 37.6 Å². The van der Waals surface area contributed by atoms with Crippen molar-refractivity contribution in [3.63, 3.8) is 0 Å². The van der Waals surface area contributed by atoms with Crippen molar-refractivity contribution in [2.45, 2.75) is 45.1 Å². The first-order chi connectivity index (χ1) is 13.7. The predicted octanol–water partition coefficient (Wildman–Crippen LogP) is 1.93. The van der Waals surface area contributed by atoms with Crippen LogP contribution < -0.4 is 10.9 Å². The Morgan fingerprint density at radius 3 is 2.69 bits per heavy atom. The second-order valence-electron chi connectivity index (χ2n) is 7.53. The van der Waals surface area contributed by atoms with Crippen molar-refractivity contribution in [2.75, 3.05) is 19.7 Å². The van der Waals surface area contributed by atoms with Gasteiger partial charge in [-0.15, -0.1) is 0 Å². The number of carbonyl (C=O) groups excluding carboxylic acids is 1. The lowest BCUT2D eigenvalue weighted by Crippen LogP contribution is -2.49. The van der Waals surface area contributed by atoms with Crippen LogP contribution >= 0.6 is 0 Å². The Morgan fingerprint density at radius 1 is 1.38 bits per heavy atom. The Morgan fingerprint density at radius 2 is 2.10 bits per heavy atom. The molecule has 1 fully saturated rings. The average Bonchev–Trinajstić information content (AvgIpc) is 3.17. The number of alkyl halides is 3. The minimum atomic E-state index is -4.37. The van der Waals surface area contributed by atoms with Crippen LogP contribution in [0, 0.1) is 11.8 Å². The molecular weight excluding hydrogens is 387 g/mol. The molecule has 0 radical (unpaired) electrons. The van der Waals surface area contributed by atoms with Crippen LogP contribution in [0.4, 0.5) is 13.2 Å². The van der Waals surface area contributed by atoms with Crippen molar-refractivity contribution in [2.24, 2.45) is 11.8 Å². The van der Waals surface area contributed by atoms with Gasteiger partial charge in [-0.3, -0.25) is 14.5 Å². The predicted molar refractivity (Wildman–Crippen MR) is 102 cm³/mol. The number of pyridine rings is 1. The van der Waals surface area contributed by atoms with E-state index in [0.717, 1.165) is 0 Å². The average molecular weight is 413 g/mol. The lowest BCUT2D eigenvalue weighted by atomic mass is 9.88. The monoisotopic (exact) mass is 413 g/mol. The zero-order chi connectivity index (χ0) is 21.3. The largest absolute Gasteiger partial charge is 0.396 e. The van der Waals surface area contributed by atoms with Crippen LogP contribution in [0.2, 0.25) is 0 Å². The zero-order valence-corrected chi connectivity index (χ0v) is 16.4. The van der Waals surface area contributed by atoms with Gasteiger partial charge in [0.05, 0.1) is 18.5 Å². The number of likely N-dealkylation sites (tertiary alicyclic amines) is 1. The summed E-state index contributed by atoms with van der Waals surface area (Å²) in [6, 6.07) is 2.02. The molecule has 3 rings (SSSR count). The van der Waals surface area contributed by atoms with E-state index >= 15 is 0 Å². The number of allylic oxidation sites excluding steroid dienone is 1. The number of aromatic nitrogens is 1. The van der Waals surface area contributed by atoms with E-state index in [0.29, 0.717) is 17.8 Å². The van der Waals surface area contributed by atoms with E-state index in [1.54, 1.807) is 42.7 Å². The molecule has 3 heterocycles. The number of nitrogens with zero attached hydrogens (tertiary/aromatic N) is 2. The number of hydrogen-bond donors (Lipinski definition) is 2. The van der Waals surface area contributed by atoms with Crippen molar-refractivity contribution in [1.29, 1.82) is 0 Å². The highest BCUT2D eigenvalue weighted by Crippen LogP contribution is 2.49. The number of aliphatic hydroxyl groups is 1. The van der Waals surface area contributed by atoms with Gasteiger partial charge < -0.3 is 15.0 Å². The summed E-state index contributed by atoms with van der Waals surface area (Å²) in [4.78, 5) is 27.0. The lowest BCUT2D eigenvalue weighted by Gasteiger charge is -2.31. The fourth-order valence-electron chi connectivity index (χ4n) is 4.72. The molecule has 1 aromatic rings. The molecule has 160 valence electrons. The van der Waals surface area contributed by atoms with Gasteiger partial charge in [0.2, 0.25) is 5.91 Å². The topological polar surface area (TPSA) is 74.6 Å². The molecule has 4 atom stereocenters. The van der Waals surface area contributed by atoms with Gasteiger partial charge in [-0.1, -0.05) is 12.2 Å². The van der Waals surface area contributed by atoms with Crippen LogP contribution in [-0.4, -0.2) is 52.4 Å². The molecule has 2 aliphatic rings. The Balaban J connectivity index is 2.04. The number of fused-ring (bicyclic) bond motifs is 3. The van der Waals surface area contributed by atoms with Gasteiger partial charge >= 0.3 is 6.18 Å². The van der Waals surface area contributed by atoms with Crippen molar-refractivity contribution >= 4 is 12.0 Å². The maximum Gasteiger partial charge on any atom is 0.390 e. The van der Waals surface area contributed by atoms with Crippen molar-refractivity contribution < 1.29 is 23.1 Å². The fourth-order valence-corrected chi connectivity index (χ4v) is 4.72. The molecule has 2 N–H and O–H groups in total. The first kappa shape index (κ1) is 21.6. The lowest BCUT2D eigenvalue weighted by molar-refractivity contribution is -0.143. The summed E-state index contributed by atoms with van der Waals surface area (Å²) in [7, 11) is 0. The quantitative estimate of drug-likeness (QED) is 0.748. The first-order valence-corrected chi connectivity index (χ1v) is 9.81. The molecule has 0 saturated carbocycles. The van der Waals surface area contributed by atoms with Crippen LogP contribution in [-0.2, 0) is 11.3 Å². The molecule has 0 aromatic carbocycles. The minimum Gasteiger partial charge on any atom is -0.396 e. The van der Waals surface area contributed by atoms with Crippen LogP contribution in [0.3, 0.4) is 0 Å². The van der Waals surface area contributed by atoms with Gasteiger partial charge in [0.15, 0.2) is 0 Å². The van der Waals surface area contributed by atoms with E-state index in [1.807, 2.05) is 0 Å². The summed E-state index contributed by atoms with van der Waals surface area (Å²) < 4.78 is 40.5. The van der Waals surface area contributed by atoms with Crippen LogP contribution in [0.15, 0.2) is 23.0 Å². The standard InChI is InChI=1S/C20H26F3N3O3/c1-3-5-12-6-7-15-16-13(10-26(15)19(12)29)14(11-27)17(18(28)24-4-2)25(16)9-8-20(21,22)23/h3,5-7,13-14,16-17,27H,4,8-11H2,1-2H3,(H,24,28)/b5-3+/t13-,14-,16+,17-/m1/s1. The maximum atomic E-state index is 13.0. The number of halogens is 3. The Hall–Kier alpha value is -2.13. The number of nitrogens with one attached hydrogen (secondary N) is 1. The van der Waals surface area contributed by atoms with Gasteiger partial charge in [0.1, 0.15) is 0 Å². The molecule has 0 bridgehead atoms. The third kappa shape index (κ3) is 3.98. The number of rotatable bonds is 6. The SMILES string of the molecule is C/C=C/c1ccc2n(c1=O)C[C@@H]1[C@@H](CO)[C@H](C(=O)NCC)N(CCC(F)(F)F)[C@H]21. The van der Waals surface area contributed by atoms with E-state index < -0.39 is 30.6 Å². The van der Waals surface area contributed by atoms with E-state index in [9.17, 15) is 27.9 Å². The molecule has 1 saturated heterocycles. The number of hydrogen-bond acceptors (Lipinski definition) is 4. The van der Waals surface area contributed by atoms with Gasteiger partial charge in [-0.2, -0.15) is 13.2 Å². The number of carbonyl (C=O) groups is 1. The fraction of sp³-hybridized carbons (Fsp3) is 0.600. The highest BCUT2D eigenvalue weighted by atomic mass is 19.4. The molecule has 0 aliphatic carbocycles. The van der Waals surface area contributed by atoms with E-state index in [4.69, 9.17) is 0 Å². The third-order valence-electron chi connectivity index (χ3n) is 5.84. The smallest absolute Gasteiger partial charge is 0.390 e. The van der Waals surface area contributed by atoms with E-state index in [1.165, 1.54) is 4.90 Å². The Labute approximate surface area is 167 Å². The zero-order valence-electron chi connectivity index (χ0n) is 16.4. The van der Waals surface area contributed by atoms with Gasteiger partial charge in [-0.05, 0) is 26.0 Å². The van der Waals surface area contributed by atoms with Crippen LogP contribution in [0.5, 0.6) is 0 Å². The highest BCUT2D eigenvalue weighted by molar-refractivity contribution is 5.82. The molecule has 0 spiro atoms. The van der Waals surface area contributed by atoms with Crippen molar-refractivity contribution in [3.8, 4) is 0 Å². The molecule has 9 heteroatoms. The van der Waals surface area contributed by atoms with E-state index in [2.05, 4.69) is 5.32 Å². The number of aliphatic hydroxyl groups excluding tert-OH is 1. The first-order valence-electron chi connectivity index (χ1n) is 9.81. The van der Waals surface area contributed by atoms with Crippen LogP contribution in [0.25, 0.3) is 6.08 Å². The number of likely N-dealkylation sites (N-methyl/N-ethyl adjacent to an activating group) is 1. The second kappa shape index (κ2) is 8.31. The summed E-state index contributed by atoms with van der Waals surface area (Å²) in [6.07, 6.45) is -2.00. The molecular formula is C20H26F3N3O3. The molecule has 2 aliphatic heterocycles. The van der Waals surface area contributed by atoms with Crippen molar-refractivity contribution in [1.82, 2.24) is 14.8 Å². The number of amides is 1. The van der Waals surface area contributed by atoms with Crippen molar-refractivity contribution in [3.05, 3.63) is 39.8 Å². The second-order valence-corrected chi connectivity index (χ2v) is 7.53. The summed E-state index contributed by atoms with van der Waals surface area (Å²) in [5, 5.41) is 12.7. The molecule has 6 nitrogen and oxygen atoms in total. The van der Waals surface area contributed by atoms with Gasteiger partial charge in [-0.25, -0.2) is 0 Å². The molecule has 1 aromatic heterocycles. The van der Waals surface area contributed by atoms with Gasteiger partial charge in [0.25, 0.3) is 5.56 Å². The molecule has 1 amide bonds. The Bertz CT molecular complexity index is 850. The summed E-state index contributed by atoms with van der Waals surface area (Å²) in [6.45, 7) is 3.44. The molecule has 29 heavy (non-hydrogen) atoms. The summed E-state index contributed by atoms with van der Waals surface area (Å²) in [5.41, 5.74) is 0.886. The maximum absolute atomic E-state index is 13.0. The normalized spacial score (nSPS) is 26.7. The highest BCUT2D eigenvalue weighted by Gasteiger charge is 2.55. The van der Waals surface area contributed by atoms with E-state index in [-0.39, 0.29) is 37.1 Å². The molecule has 0 unspecified atom stereocenters. The Kier molecular flexibility index (Phi) is 6.19.